The molecule has 1 saturated carbocycles. The molecule has 1 atom stereocenters. The molecule has 2 aliphatic rings. The van der Waals surface area contributed by atoms with E-state index in [9.17, 15) is 9.59 Å². The van der Waals surface area contributed by atoms with Crippen molar-refractivity contribution in [2.75, 3.05) is 19.0 Å². The van der Waals surface area contributed by atoms with Gasteiger partial charge in [0.15, 0.2) is 16.7 Å². The van der Waals surface area contributed by atoms with Gasteiger partial charge < -0.3 is 20.5 Å². The molecule has 4 rings (SSSR count). The Morgan fingerprint density at radius 2 is 2.03 bits per heavy atom. The summed E-state index contributed by atoms with van der Waals surface area (Å²) in [5.74, 6) is 2.09. The summed E-state index contributed by atoms with van der Waals surface area (Å²) in [6.07, 6.45) is 2.07. The lowest BCUT2D eigenvalue weighted by Crippen LogP contribution is -2.28. The van der Waals surface area contributed by atoms with Crippen LogP contribution in [0.4, 0.5) is 0 Å². The van der Waals surface area contributed by atoms with Gasteiger partial charge in [0.1, 0.15) is 25.6 Å². The lowest BCUT2D eigenvalue weighted by Gasteiger charge is -2.21. The number of hydrogen-bond donors (Lipinski definition) is 2. The van der Waals surface area contributed by atoms with Gasteiger partial charge in [-0.1, -0.05) is 17.8 Å². The summed E-state index contributed by atoms with van der Waals surface area (Å²) >= 11 is 1.25. The van der Waals surface area contributed by atoms with Crippen LogP contribution < -0.4 is 20.5 Å². The molecule has 0 unspecified atom stereocenters. The molecule has 0 saturated heterocycles. The summed E-state index contributed by atoms with van der Waals surface area (Å²) in [6, 6.07) is 5.46. The van der Waals surface area contributed by atoms with Crippen LogP contribution in [0.3, 0.4) is 0 Å². The van der Waals surface area contributed by atoms with E-state index < -0.39 is 5.91 Å². The molecule has 0 bridgehead atoms. The molecule has 0 spiro atoms. The van der Waals surface area contributed by atoms with E-state index in [0.717, 1.165) is 24.2 Å². The predicted molar refractivity (Wildman–Crippen MR) is 106 cm³/mol. The van der Waals surface area contributed by atoms with Crippen molar-refractivity contribution in [3.05, 3.63) is 29.6 Å². The van der Waals surface area contributed by atoms with Gasteiger partial charge in [-0.3, -0.25) is 14.2 Å². The Balaban J connectivity index is 1.36. The molecule has 9 nitrogen and oxygen atoms in total. The molecule has 2 heterocycles. The molecular formula is C19H23N5O4S. The van der Waals surface area contributed by atoms with Gasteiger partial charge in [0.05, 0.1) is 11.8 Å². The van der Waals surface area contributed by atoms with Gasteiger partial charge in [0.2, 0.25) is 11.8 Å². The van der Waals surface area contributed by atoms with E-state index in [4.69, 9.17) is 15.2 Å². The number of rotatable bonds is 8. The van der Waals surface area contributed by atoms with Crippen molar-refractivity contribution >= 4 is 23.6 Å². The predicted octanol–water partition coefficient (Wildman–Crippen LogP) is 1.38. The lowest BCUT2D eigenvalue weighted by atomic mass is 10.1. The summed E-state index contributed by atoms with van der Waals surface area (Å²) in [7, 11) is 0. The van der Waals surface area contributed by atoms with Crippen molar-refractivity contribution in [3.63, 3.8) is 0 Å². The first-order chi connectivity index (χ1) is 14.0. The van der Waals surface area contributed by atoms with Crippen LogP contribution in [0.2, 0.25) is 0 Å². The Morgan fingerprint density at radius 3 is 2.76 bits per heavy atom. The first-order valence-corrected chi connectivity index (χ1v) is 10.5. The smallest absolute Gasteiger partial charge is 0.237 e. The molecule has 1 aliphatic heterocycles. The number of carbonyl (C=O) groups is 2. The number of thioether (sulfide) groups is 1. The molecule has 1 aromatic heterocycles. The number of ether oxygens (including phenoxy) is 2. The van der Waals surface area contributed by atoms with Crippen LogP contribution in [-0.4, -0.2) is 45.5 Å². The van der Waals surface area contributed by atoms with Gasteiger partial charge in [-0.15, -0.1) is 10.2 Å². The second-order valence-electron chi connectivity index (χ2n) is 7.15. The number of nitrogens with zero attached hydrogens (tertiary/aromatic N) is 3. The van der Waals surface area contributed by atoms with Crippen LogP contribution in [0.25, 0.3) is 0 Å². The summed E-state index contributed by atoms with van der Waals surface area (Å²) in [6.45, 7) is 2.99. The number of amides is 2. The molecule has 1 aliphatic carbocycles. The number of hydrogen-bond acceptors (Lipinski definition) is 7. The molecule has 1 fully saturated rings. The Morgan fingerprint density at radius 1 is 1.28 bits per heavy atom. The fraction of sp³-hybridized carbons (Fsp3) is 0.474. The number of fused-ring (bicyclic) bond motifs is 1. The van der Waals surface area contributed by atoms with Crippen molar-refractivity contribution in [3.8, 4) is 11.5 Å². The van der Waals surface area contributed by atoms with Crippen molar-refractivity contribution in [2.24, 2.45) is 5.73 Å². The number of aromatic nitrogens is 3. The number of benzene rings is 1. The first kappa shape index (κ1) is 19.6. The second-order valence-corrected chi connectivity index (χ2v) is 8.09. The van der Waals surface area contributed by atoms with Crippen LogP contribution in [0.5, 0.6) is 11.5 Å². The average Bonchev–Trinajstić information content (AvgIpc) is 3.47. The van der Waals surface area contributed by atoms with E-state index in [1.807, 2.05) is 25.1 Å². The molecule has 0 radical (unpaired) electrons. The molecule has 10 heteroatoms. The summed E-state index contributed by atoms with van der Waals surface area (Å²) in [4.78, 5) is 23.8. The zero-order valence-corrected chi connectivity index (χ0v) is 16.9. The molecule has 3 N–H and O–H groups in total. The largest absolute Gasteiger partial charge is 0.486 e. The highest BCUT2D eigenvalue weighted by Crippen LogP contribution is 2.40. The average molecular weight is 417 g/mol. The number of carbonyl (C=O) groups excluding carboxylic acids is 2. The van der Waals surface area contributed by atoms with Crippen molar-refractivity contribution < 1.29 is 19.1 Å². The number of nitrogens with two attached hydrogens (primary N) is 1. The number of primary amides is 1. The van der Waals surface area contributed by atoms with Gasteiger partial charge in [0, 0.05) is 5.92 Å². The first-order valence-electron chi connectivity index (χ1n) is 9.54. The Bertz CT molecular complexity index is 927. The highest BCUT2D eigenvalue weighted by atomic mass is 32.2. The van der Waals surface area contributed by atoms with E-state index >= 15 is 0 Å². The number of nitrogens with one attached hydrogen (secondary N) is 1. The molecule has 2 aromatic rings. The third kappa shape index (κ3) is 4.64. The minimum atomic E-state index is -0.453. The molecule has 1 aromatic carbocycles. The van der Waals surface area contributed by atoms with E-state index in [-0.39, 0.29) is 24.2 Å². The Hall–Kier alpha value is -2.75. The van der Waals surface area contributed by atoms with Crippen LogP contribution in [-0.2, 0) is 16.1 Å². The molecule has 2 amide bonds. The van der Waals surface area contributed by atoms with E-state index in [0.29, 0.717) is 35.8 Å². The quantitative estimate of drug-likeness (QED) is 0.622. The van der Waals surface area contributed by atoms with E-state index in [1.54, 1.807) is 4.57 Å². The minimum Gasteiger partial charge on any atom is -0.486 e. The third-order valence-electron chi connectivity index (χ3n) is 4.78. The summed E-state index contributed by atoms with van der Waals surface area (Å²) in [5.41, 5.74) is 6.28. The van der Waals surface area contributed by atoms with Gasteiger partial charge in [-0.2, -0.15) is 0 Å². The SMILES string of the molecule is C[C@@H](NC(=O)CSc1nnc(C2CC2)n1CC(N)=O)c1ccc2c(c1)OCCO2. The maximum absolute atomic E-state index is 12.4. The van der Waals surface area contributed by atoms with Crippen molar-refractivity contribution in [1.29, 1.82) is 0 Å². The zero-order valence-electron chi connectivity index (χ0n) is 16.1. The van der Waals surface area contributed by atoms with Gasteiger partial charge in [-0.25, -0.2) is 0 Å². The molecule has 29 heavy (non-hydrogen) atoms. The van der Waals surface area contributed by atoms with Gasteiger partial charge >= 0.3 is 0 Å². The lowest BCUT2D eigenvalue weighted by molar-refractivity contribution is -0.119. The zero-order chi connectivity index (χ0) is 20.4. The normalized spacial score (nSPS) is 16.3. The van der Waals surface area contributed by atoms with Crippen LogP contribution in [0, 0.1) is 0 Å². The molecular weight excluding hydrogens is 394 g/mol. The fourth-order valence-electron chi connectivity index (χ4n) is 3.18. The van der Waals surface area contributed by atoms with Crippen LogP contribution in [0.1, 0.15) is 43.1 Å². The van der Waals surface area contributed by atoms with Crippen LogP contribution >= 0.6 is 11.8 Å². The van der Waals surface area contributed by atoms with Gasteiger partial charge in [0.25, 0.3) is 0 Å². The minimum absolute atomic E-state index is 0.0242. The fourth-order valence-corrected chi connectivity index (χ4v) is 3.94. The van der Waals surface area contributed by atoms with E-state index in [2.05, 4.69) is 15.5 Å². The Kier molecular flexibility index (Phi) is 5.61. The van der Waals surface area contributed by atoms with E-state index in [1.165, 1.54) is 11.8 Å². The standard InChI is InChI=1S/C19H23N5O4S/c1-11(13-4-5-14-15(8-13)28-7-6-27-14)21-17(26)10-29-19-23-22-18(12-2-3-12)24(19)9-16(20)25/h4-5,8,11-12H,2-3,6-7,9-10H2,1H3,(H2,20,25)(H,21,26)/t11-/m1/s1. The summed E-state index contributed by atoms with van der Waals surface area (Å²) in [5, 5.41) is 11.8. The van der Waals surface area contributed by atoms with Crippen molar-refractivity contribution in [2.45, 2.75) is 43.4 Å². The third-order valence-corrected chi connectivity index (χ3v) is 5.74. The monoisotopic (exact) mass is 417 g/mol. The molecule has 154 valence electrons. The van der Waals surface area contributed by atoms with Crippen molar-refractivity contribution in [1.82, 2.24) is 20.1 Å². The second kappa shape index (κ2) is 8.32. The highest BCUT2D eigenvalue weighted by molar-refractivity contribution is 7.99. The highest BCUT2D eigenvalue weighted by Gasteiger charge is 2.31. The summed E-state index contributed by atoms with van der Waals surface area (Å²) < 4.78 is 12.8. The topological polar surface area (TPSA) is 121 Å². The van der Waals surface area contributed by atoms with Gasteiger partial charge in [-0.05, 0) is 37.5 Å². The Labute approximate surface area is 172 Å². The maximum Gasteiger partial charge on any atom is 0.237 e. The van der Waals surface area contributed by atoms with Crippen LogP contribution in [0.15, 0.2) is 23.4 Å². The maximum atomic E-state index is 12.4.